The quantitative estimate of drug-likeness (QED) is 0.629. The largest absolute Gasteiger partial charge is 0.125 e. The predicted octanol–water partition coefficient (Wildman–Crippen LogP) is 3.71. The fourth-order valence-corrected chi connectivity index (χ4v) is 0. The zero-order valence-corrected chi connectivity index (χ0v) is 9.10. The summed E-state index contributed by atoms with van der Waals surface area (Å²) >= 11 is 21.1. The third-order valence-electron chi connectivity index (χ3n) is 0.425. The van der Waals surface area contributed by atoms with Crippen LogP contribution >= 0.6 is 46.4 Å². The molecule has 0 aliphatic carbocycles. The number of rotatable bonds is 2. The van der Waals surface area contributed by atoms with Gasteiger partial charge in [-0.05, 0) is 13.8 Å². The highest BCUT2D eigenvalue weighted by atomic mass is 35.5. The van der Waals surface area contributed by atoms with Crippen LogP contribution in [0.3, 0.4) is 0 Å². The molecule has 0 heterocycles. The van der Waals surface area contributed by atoms with Crippen LogP contribution in [0.2, 0.25) is 0 Å². The highest BCUT2D eigenvalue weighted by Crippen LogP contribution is 1.93. The molecule has 0 saturated carbocycles. The van der Waals surface area contributed by atoms with Crippen molar-refractivity contribution in [1.29, 1.82) is 0 Å². The van der Waals surface area contributed by atoms with Crippen LogP contribution in [0.4, 0.5) is 0 Å². The van der Waals surface area contributed by atoms with Crippen LogP contribution in [-0.4, -0.2) is 22.5 Å². The summed E-state index contributed by atoms with van der Waals surface area (Å²) in [5.74, 6) is 1.09. The predicted molar refractivity (Wildman–Crippen MR) is 52.1 cm³/mol. The van der Waals surface area contributed by atoms with E-state index >= 15 is 0 Å². The summed E-state index contributed by atoms with van der Waals surface area (Å²) in [5, 5.41) is 0.244. The molecule has 0 aromatic carbocycles. The molecule has 0 bridgehead atoms. The van der Waals surface area contributed by atoms with E-state index in [0.29, 0.717) is 11.8 Å². The van der Waals surface area contributed by atoms with E-state index in [2.05, 4.69) is 0 Å². The van der Waals surface area contributed by atoms with Gasteiger partial charge in [-0.1, -0.05) is 0 Å². The van der Waals surface area contributed by atoms with Crippen molar-refractivity contribution in [3.05, 3.63) is 0 Å². The molecule has 64 valence electrons. The minimum Gasteiger partial charge on any atom is -0.125 e. The van der Waals surface area contributed by atoms with Crippen LogP contribution in [0.25, 0.3) is 0 Å². The molecule has 0 nitrogen and oxygen atoms in total. The van der Waals surface area contributed by atoms with Gasteiger partial charge in [0.15, 0.2) is 0 Å². The summed E-state index contributed by atoms with van der Waals surface area (Å²) < 4.78 is 0. The fourth-order valence-electron chi connectivity index (χ4n) is 0. The normalized spacial score (nSPS) is 15.0. The molecule has 0 saturated heterocycles. The number of hydrogen-bond donors (Lipinski definition) is 0. The number of hydrogen-bond acceptors (Lipinski definition) is 0. The van der Waals surface area contributed by atoms with Crippen molar-refractivity contribution in [2.75, 3.05) is 11.8 Å². The molecule has 0 N–H and O–H groups in total. The van der Waals surface area contributed by atoms with Crippen molar-refractivity contribution < 1.29 is 0 Å². The Balaban J connectivity index is 0. The maximum atomic E-state index is 5.33. The van der Waals surface area contributed by atoms with Crippen LogP contribution in [0, 0.1) is 0 Å². The Hall–Kier alpha value is 1.16. The lowest BCUT2D eigenvalue weighted by Gasteiger charge is -1.85. The zero-order valence-electron chi connectivity index (χ0n) is 6.08. The maximum Gasteiger partial charge on any atom is 0.0443 e. The molecule has 10 heavy (non-hydrogen) atoms. The van der Waals surface area contributed by atoms with Gasteiger partial charge in [-0.3, -0.25) is 0 Å². The number of alkyl halides is 4. The minimum atomic E-state index is 0.122. The average molecular weight is 226 g/mol. The Bertz CT molecular complexity index is 45.7. The van der Waals surface area contributed by atoms with Crippen LogP contribution in [-0.2, 0) is 0 Å². The summed E-state index contributed by atoms with van der Waals surface area (Å²) in [6.07, 6.45) is 0. The monoisotopic (exact) mass is 224 g/mol. The Morgan fingerprint density at radius 3 is 1.00 bits per heavy atom. The first kappa shape index (κ1) is 13.7. The lowest BCUT2D eigenvalue weighted by atomic mass is 10.6. The minimum absolute atomic E-state index is 0.122. The van der Waals surface area contributed by atoms with E-state index < -0.39 is 0 Å². The van der Waals surface area contributed by atoms with Crippen molar-refractivity contribution >= 4 is 46.4 Å². The van der Waals surface area contributed by atoms with E-state index in [1.54, 1.807) is 0 Å². The topological polar surface area (TPSA) is 0 Å². The molecule has 0 aromatic heterocycles. The standard InChI is InChI=1S/2C3H6Cl2/c2*1-3(5)2-4/h2*3H,2H2,1H3. The van der Waals surface area contributed by atoms with E-state index in [4.69, 9.17) is 46.4 Å². The van der Waals surface area contributed by atoms with E-state index in [0.717, 1.165) is 0 Å². The highest BCUT2D eigenvalue weighted by molar-refractivity contribution is 6.28. The first-order valence-electron chi connectivity index (χ1n) is 2.94. The molecule has 0 spiro atoms. The second-order valence-electron chi connectivity index (χ2n) is 1.87. The molecule has 0 aliphatic heterocycles. The van der Waals surface area contributed by atoms with Crippen LogP contribution in [0.1, 0.15) is 13.8 Å². The van der Waals surface area contributed by atoms with Crippen molar-refractivity contribution in [2.24, 2.45) is 0 Å². The first-order chi connectivity index (χ1) is 4.54. The average Bonchev–Trinajstić information content (AvgIpc) is 1.89. The second-order valence-corrected chi connectivity index (χ2v) is 3.98. The molecule has 0 aliphatic rings. The van der Waals surface area contributed by atoms with Gasteiger partial charge in [0.2, 0.25) is 0 Å². The second kappa shape index (κ2) is 10.2. The van der Waals surface area contributed by atoms with Gasteiger partial charge in [0.1, 0.15) is 0 Å². The highest BCUT2D eigenvalue weighted by Gasteiger charge is 1.85. The van der Waals surface area contributed by atoms with Gasteiger partial charge < -0.3 is 0 Å². The van der Waals surface area contributed by atoms with Crippen LogP contribution < -0.4 is 0 Å². The van der Waals surface area contributed by atoms with Gasteiger partial charge in [-0.25, -0.2) is 0 Å². The third-order valence-corrected chi connectivity index (χ3v) is 1.98. The molecule has 0 aromatic rings. The first-order valence-corrected chi connectivity index (χ1v) is 4.88. The Morgan fingerprint density at radius 2 is 1.00 bits per heavy atom. The van der Waals surface area contributed by atoms with Gasteiger partial charge in [0.05, 0.1) is 0 Å². The van der Waals surface area contributed by atoms with E-state index in [1.807, 2.05) is 13.8 Å². The SMILES string of the molecule is CC(Cl)CCl.CC(Cl)CCl. The summed E-state index contributed by atoms with van der Waals surface area (Å²) in [4.78, 5) is 0. The maximum absolute atomic E-state index is 5.33. The molecule has 2 atom stereocenters. The van der Waals surface area contributed by atoms with Crippen molar-refractivity contribution in [3.8, 4) is 0 Å². The zero-order chi connectivity index (χ0) is 8.57. The number of halogens is 4. The molecule has 2 unspecified atom stereocenters. The third kappa shape index (κ3) is 22.9. The molecular weight excluding hydrogens is 214 g/mol. The van der Waals surface area contributed by atoms with Crippen molar-refractivity contribution in [3.63, 3.8) is 0 Å². The smallest absolute Gasteiger partial charge is 0.0443 e. The summed E-state index contributed by atoms with van der Waals surface area (Å²) in [6, 6.07) is 0. The molecule has 4 heteroatoms. The molecule has 0 rings (SSSR count). The molecule has 0 fully saturated rings. The van der Waals surface area contributed by atoms with E-state index in [-0.39, 0.29) is 10.8 Å². The summed E-state index contributed by atoms with van der Waals surface area (Å²) in [5.41, 5.74) is 0. The summed E-state index contributed by atoms with van der Waals surface area (Å²) in [6.45, 7) is 3.71. The van der Waals surface area contributed by atoms with Crippen molar-refractivity contribution in [1.82, 2.24) is 0 Å². The lowest BCUT2D eigenvalue weighted by molar-refractivity contribution is 1.11. The van der Waals surface area contributed by atoms with E-state index in [9.17, 15) is 0 Å². The van der Waals surface area contributed by atoms with Gasteiger partial charge in [0.25, 0.3) is 0 Å². The lowest BCUT2D eigenvalue weighted by Crippen LogP contribution is -1.87. The van der Waals surface area contributed by atoms with Crippen LogP contribution in [0.15, 0.2) is 0 Å². The Morgan fingerprint density at radius 1 is 0.900 bits per heavy atom. The van der Waals surface area contributed by atoms with Gasteiger partial charge in [0, 0.05) is 22.5 Å². The molecule has 0 radical (unpaired) electrons. The van der Waals surface area contributed by atoms with Crippen LogP contribution in [0.5, 0.6) is 0 Å². The van der Waals surface area contributed by atoms with Gasteiger partial charge >= 0.3 is 0 Å². The molecule has 0 amide bonds. The molecular formula is C6H12Cl4. The van der Waals surface area contributed by atoms with E-state index in [1.165, 1.54) is 0 Å². The Kier molecular flexibility index (Phi) is 13.9. The van der Waals surface area contributed by atoms with Crippen molar-refractivity contribution in [2.45, 2.75) is 24.6 Å². The van der Waals surface area contributed by atoms with Gasteiger partial charge in [-0.2, -0.15) is 0 Å². The fraction of sp³-hybridized carbons (Fsp3) is 1.00. The van der Waals surface area contributed by atoms with Gasteiger partial charge in [-0.15, -0.1) is 46.4 Å². The Labute approximate surface area is 82.8 Å². The summed E-state index contributed by atoms with van der Waals surface area (Å²) in [7, 11) is 0.